The molecule has 0 radical (unpaired) electrons. The maximum Gasteiger partial charge on any atom is 0.229 e. The minimum Gasteiger partial charge on any atom is -0.378 e. The molecular formula is C22H29N9O. The molecule has 0 saturated carbocycles. The molecule has 0 fully saturated rings. The number of benzene rings is 1. The van der Waals surface area contributed by atoms with Gasteiger partial charge in [-0.3, -0.25) is 0 Å². The Labute approximate surface area is 186 Å². The molecule has 0 spiro atoms. The lowest BCUT2D eigenvalue weighted by molar-refractivity contribution is 0.151. The molecule has 32 heavy (non-hydrogen) atoms. The molecule has 168 valence electrons. The number of hydrogen-bond acceptors (Lipinski definition) is 8. The fourth-order valence-corrected chi connectivity index (χ4v) is 3.39. The largest absolute Gasteiger partial charge is 0.378 e. The number of nitrogens with zero attached hydrogens (tertiary/aromatic N) is 6. The fourth-order valence-electron chi connectivity index (χ4n) is 3.39. The SMILES string of the molecule is CC(C)c1cnn2c(NCc3ccccc3-n3cccn3)nc(NCCOCCN)nc12. The van der Waals surface area contributed by atoms with Crippen molar-refractivity contribution in [1.82, 2.24) is 29.4 Å². The Hall–Kier alpha value is -3.50. The van der Waals surface area contributed by atoms with Gasteiger partial charge >= 0.3 is 0 Å². The van der Waals surface area contributed by atoms with Crippen molar-refractivity contribution in [2.45, 2.75) is 26.3 Å². The van der Waals surface area contributed by atoms with E-state index in [1.54, 1.807) is 10.7 Å². The quantitative estimate of drug-likeness (QED) is 0.307. The summed E-state index contributed by atoms with van der Waals surface area (Å²) in [5, 5.41) is 15.6. The number of nitrogens with two attached hydrogens (primary N) is 1. The Balaban J connectivity index is 1.59. The second-order valence-electron chi connectivity index (χ2n) is 7.62. The number of para-hydroxylation sites is 1. The third kappa shape index (κ3) is 4.87. The van der Waals surface area contributed by atoms with Crippen LogP contribution >= 0.6 is 0 Å². The standard InChI is InChI=1S/C22H29N9O/c1-16(2)18-15-27-31-20(18)28-21(24-10-13-32-12-8-23)29-22(31)25-14-17-6-3-4-7-19(17)30-11-5-9-26-30/h3-7,9,11,15-16H,8,10,12-14,23H2,1-2H3,(H2,24,25,28,29). The van der Waals surface area contributed by atoms with Gasteiger partial charge in [0.2, 0.25) is 11.9 Å². The lowest BCUT2D eigenvalue weighted by Crippen LogP contribution is -2.17. The highest BCUT2D eigenvalue weighted by Crippen LogP contribution is 2.23. The summed E-state index contributed by atoms with van der Waals surface area (Å²) in [6, 6.07) is 10.0. The van der Waals surface area contributed by atoms with E-state index in [1.165, 1.54) is 0 Å². The topological polar surface area (TPSA) is 120 Å². The van der Waals surface area contributed by atoms with Crippen LogP contribution in [0.1, 0.15) is 30.9 Å². The highest BCUT2D eigenvalue weighted by molar-refractivity contribution is 5.56. The summed E-state index contributed by atoms with van der Waals surface area (Å²) in [4.78, 5) is 9.36. The first kappa shape index (κ1) is 21.7. The van der Waals surface area contributed by atoms with Gasteiger partial charge in [-0.15, -0.1) is 0 Å². The van der Waals surface area contributed by atoms with Gasteiger partial charge in [-0.1, -0.05) is 32.0 Å². The van der Waals surface area contributed by atoms with Gasteiger partial charge in [-0.05, 0) is 23.6 Å². The van der Waals surface area contributed by atoms with E-state index in [0.717, 1.165) is 22.5 Å². The van der Waals surface area contributed by atoms with Crippen LogP contribution in [0, 0.1) is 0 Å². The zero-order valence-corrected chi connectivity index (χ0v) is 18.4. The predicted octanol–water partition coefficient (Wildman–Crippen LogP) is 2.43. The Morgan fingerprint density at radius 1 is 1.06 bits per heavy atom. The Morgan fingerprint density at radius 3 is 2.72 bits per heavy atom. The van der Waals surface area contributed by atoms with Crippen LogP contribution in [0.25, 0.3) is 11.3 Å². The van der Waals surface area contributed by atoms with Gasteiger partial charge in [0.15, 0.2) is 5.65 Å². The van der Waals surface area contributed by atoms with E-state index >= 15 is 0 Å². The molecule has 0 aliphatic carbocycles. The molecule has 0 bridgehead atoms. The summed E-state index contributed by atoms with van der Waals surface area (Å²) in [6.07, 6.45) is 5.55. The fraction of sp³-hybridized carbons (Fsp3) is 0.364. The van der Waals surface area contributed by atoms with Crippen molar-refractivity contribution in [3.05, 3.63) is 60.0 Å². The summed E-state index contributed by atoms with van der Waals surface area (Å²) in [5.41, 5.74) is 9.41. The zero-order valence-electron chi connectivity index (χ0n) is 18.4. The van der Waals surface area contributed by atoms with E-state index < -0.39 is 0 Å². The zero-order chi connectivity index (χ0) is 22.3. The summed E-state index contributed by atoms with van der Waals surface area (Å²) < 4.78 is 9.04. The van der Waals surface area contributed by atoms with E-state index in [9.17, 15) is 0 Å². The third-order valence-electron chi connectivity index (χ3n) is 4.99. The van der Waals surface area contributed by atoms with Gasteiger partial charge in [-0.25, -0.2) is 4.68 Å². The Morgan fingerprint density at radius 2 is 1.94 bits per heavy atom. The lowest BCUT2D eigenvalue weighted by atomic mass is 10.1. The number of hydrogen-bond donors (Lipinski definition) is 3. The molecule has 3 heterocycles. The summed E-state index contributed by atoms with van der Waals surface area (Å²) in [7, 11) is 0. The van der Waals surface area contributed by atoms with Gasteiger partial charge in [0.1, 0.15) is 0 Å². The molecule has 0 unspecified atom stereocenters. The van der Waals surface area contributed by atoms with E-state index in [-0.39, 0.29) is 5.92 Å². The Kier molecular flexibility index (Phi) is 6.93. The third-order valence-corrected chi connectivity index (χ3v) is 4.99. The molecule has 3 aromatic heterocycles. The minimum absolute atomic E-state index is 0.288. The van der Waals surface area contributed by atoms with Crippen molar-refractivity contribution >= 4 is 17.5 Å². The van der Waals surface area contributed by atoms with Crippen molar-refractivity contribution in [1.29, 1.82) is 0 Å². The van der Waals surface area contributed by atoms with Crippen LogP contribution in [0.4, 0.5) is 11.9 Å². The second kappa shape index (κ2) is 10.2. The molecule has 0 aliphatic heterocycles. The smallest absolute Gasteiger partial charge is 0.229 e. The summed E-state index contributed by atoms with van der Waals surface area (Å²) >= 11 is 0. The number of aromatic nitrogens is 6. The molecule has 0 aliphatic rings. The number of rotatable bonds is 11. The Bertz CT molecular complexity index is 1140. The molecule has 0 amide bonds. The normalized spacial score (nSPS) is 11.4. The van der Waals surface area contributed by atoms with Crippen LogP contribution in [0.2, 0.25) is 0 Å². The highest BCUT2D eigenvalue weighted by Gasteiger charge is 2.15. The van der Waals surface area contributed by atoms with E-state index in [2.05, 4.69) is 45.7 Å². The maximum absolute atomic E-state index is 5.47. The highest BCUT2D eigenvalue weighted by atomic mass is 16.5. The molecule has 10 heteroatoms. The van der Waals surface area contributed by atoms with Gasteiger partial charge in [0, 0.05) is 37.6 Å². The molecule has 4 rings (SSSR count). The predicted molar refractivity (Wildman–Crippen MR) is 124 cm³/mol. The number of fused-ring (bicyclic) bond motifs is 1. The lowest BCUT2D eigenvalue weighted by Gasteiger charge is -2.13. The van der Waals surface area contributed by atoms with Crippen LogP contribution in [0.5, 0.6) is 0 Å². The second-order valence-corrected chi connectivity index (χ2v) is 7.62. The number of ether oxygens (including phenoxy) is 1. The minimum atomic E-state index is 0.288. The first-order valence-electron chi connectivity index (χ1n) is 10.8. The van der Waals surface area contributed by atoms with E-state index in [1.807, 2.05) is 41.3 Å². The van der Waals surface area contributed by atoms with Crippen LogP contribution in [-0.4, -0.2) is 55.7 Å². The first-order valence-corrected chi connectivity index (χ1v) is 10.8. The van der Waals surface area contributed by atoms with Crippen LogP contribution in [-0.2, 0) is 11.3 Å². The maximum atomic E-state index is 5.47. The van der Waals surface area contributed by atoms with Crippen molar-refractivity contribution < 1.29 is 4.74 Å². The van der Waals surface area contributed by atoms with Crippen molar-refractivity contribution in [3.8, 4) is 5.69 Å². The van der Waals surface area contributed by atoms with Crippen molar-refractivity contribution in [2.75, 3.05) is 36.9 Å². The van der Waals surface area contributed by atoms with E-state index in [4.69, 9.17) is 15.5 Å². The first-order chi connectivity index (χ1) is 15.7. The van der Waals surface area contributed by atoms with Crippen molar-refractivity contribution in [2.24, 2.45) is 5.73 Å². The molecule has 4 N–H and O–H groups in total. The van der Waals surface area contributed by atoms with Gasteiger partial charge in [0.05, 0.1) is 25.1 Å². The van der Waals surface area contributed by atoms with Crippen LogP contribution in [0.15, 0.2) is 48.9 Å². The molecule has 0 saturated heterocycles. The molecular weight excluding hydrogens is 406 g/mol. The molecule has 0 atom stereocenters. The van der Waals surface area contributed by atoms with Crippen LogP contribution in [0.3, 0.4) is 0 Å². The molecule has 4 aromatic rings. The summed E-state index contributed by atoms with van der Waals surface area (Å²) in [5.74, 6) is 1.43. The van der Waals surface area contributed by atoms with Crippen molar-refractivity contribution in [3.63, 3.8) is 0 Å². The molecule has 10 nitrogen and oxygen atoms in total. The number of nitrogens with one attached hydrogen (secondary N) is 2. The van der Waals surface area contributed by atoms with Gasteiger partial charge < -0.3 is 21.1 Å². The van der Waals surface area contributed by atoms with E-state index in [0.29, 0.717) is 44.7 Å². The monoisotopic (exact) mass is 435 g/mol. The van der Waals surface area contributed by atoms with Gasteiger partial charge in [-0.2, -0.15) is 24.7 Å². The average Bonchev–Trinajstić information content (AvgIpc) is 3.48. The summed E-state index contributed by atoms with van der Waals surface area (Å²) in [6.45, 7) is 6.96. The average molecular weight is 436 g/mol. The van der Waals surface area contributed by atoms with Crippen LogP contribution < -0.4 is 16.4 Å². The molecule has 1 aromatic carbocycles. The van der Waals surface area contributed by atoms with Gasteiger partial charge in [0.25, 0.3) is 0 Å². The number of anilines is 2.